The van der Waals surface area contributed by atoms with Gasteiger partial charge in [-0.1, -0.05) is 6.92 Å². The van der Waals surface area contributed by atoms with Crippen molar-refractivity contribution in [2.45, 2.75) is 56.4 Å². The maximum atomic E-state index is 12.5. The quantitative estimate of drug-likeness (QED) is 0.745. The van der Waals surface area contributed by atoms with Crippen LogP contribution in [0.15, 0.2) is 0 Å². The fraction of sp³-hybridized carbons (Fsp3) is 0.929. The van der Waals surface area contributed by atoms with Crippen molar-refractivity contribution in [2.24, 2.45) is 5.41 Å². The molecule has 1 amide bonds. The summed E-state index contributed by atoms with van der Waals surface area (Å²) in [5.41, 5.74) is -0.583. The summed E-state index contributed by atoms with van der Waals surface area (Å²) >= 11 is 12.2. The fourth-order valence-corrected chi connectivity index (χ4v) is 3.40. The Labute approximate surface area is 125 Å². The summed E-state index contributed by atoms with van der Waals surface area (Å²) < 4.78 is 4.93. The Bertz CT molecular complexity index is 348. The minimum Gasteiger partial charge on any atom is -0.378 e. The highest BCUT2D eigenvalue weighted by Gasteiger charge is 2.68. The lowest BCUT2D eigenvalue weighted by molar-refractivity contribution is -0.136. The van der Waals surface area contributed by atoms with E-state index in [9.17, 15) is 4.79 Å². The first-order valence-electron chi connectivity index (χ1n) is 7.19. The normalized spacial score (nSPS) is 33.9. The first kappa shape index (κ1) is 15.4. The Morgan fingerprint density at radius 1 is 1.37 bits per heavy atom. The van der Waals surface area contributed by atoms with Crippen molar-refractivity contribution in [1.29, 1.82) is 0 Å². The molecule has 5 heteroatoms. The van der Waals surface area contributed by atoms with E-state index in [1.165, 1.54) is 0 Å². The molecule has 0 aromatic heterocycles. The third-order valence-electron chi connectivity index (χ3n) is 4.25. The van der Waals surface area contributed by atoms with E-state index in [1.54, 1.807) is 0 Å². The van der Waals surface area contributed by atoms with Crippen molar-refractivity contribution < 1.29 is 9.53 Å². The van der Waals surface area contributed by atoms with Crippen LogP contribution in [0.2, 0.25) is 0 Å². The zero-order chi connectivity index (χ0) is 14.1. The molecular weight excluding hydrogens is 285 g/mol. The molecule has 1 saturated heterocycles. The lowest BCUT2D eigenvalue weighted by atomic mass is 10.1. The Kier molecular flexibility index (Phi) is 4.69. The molecule has 0 aromatic rings. The van der Waals surface area contributed by atoms with Crippen LogP contribution in [-0.4, -0.2) is 40.9 Å². The van der Waals surface area contributed by atoms with Crippen LogP contribution in [0, 0.1) is 5.41 Å². The highest BCUT2D eigenvalue weighted by Crippen LogP contribution is 2.64. The number of amides is 1. The van der Waals surface area contributed by atoms with Crippen LogP contribution in [0.3, 0.4) is 0 Å². The van der Waals surface area contributed by atoms with E-state index in [0.717, 1.165) is 45.4 Å². The molecule has 2 aliphatic rings. The molecular formula is C14H23Cl2NO2. The molecule has 1 saturated carbocycles. The SMILES string of the molecule is CCCO[C@H]1CCCN(C(=O)[C@]2(C)CC2(Cl)Cl)CC1. The van der Waals surface area contributed by atoms with Gasteiger partial charge >= 0.3 is 0 Å². The smallest absolute Gasteiger partial charge is 0.231 e. The minimum atomic E-state index is -0.867. The molecule has 1 aliphatic carbocycles. The third kappa shape index (κ3) is 3.20. The molecule has 2 rings (SSSR count). The van der Waals surface area contributed by atoms with Gasteiger partial charge in [-0.2, -0.15) is 0 Å². The number of alkyl halides is 2. The van der Waals surface area contributed by atoms with Gasteiger partial charge in [0, 0.05) is 19.7 Å². The topological polar surface area (TPSA) is 29.5 Å². The molecule has 1 heterocycles. The zero-order valence-electron chi connectivity index (χ0n) is 11.8. The van der Waals surface area contributed by atoms with Crippen LogP contribution in [-0.2, 0) is 9.53 Å². The van der Waals surface area contributed by atoms with Gasteiger partial charge in [0.25, 0.3) is 0 Å². The maximum Gasteiger partial charge on any atom is 0.231 e. The monoisotopic (exact) mass is 307 g/mol. The number of carbonyl (C=O) groups excluding carboxylic acids is 1. The molecule has 3 nitrogen and oxygen atoms in total. The van der Waals surface area contributed by atoms with Crippen LogP contribution in [0.25, 0.3) is 0 Å². The molecule has 1 aliphatic heterocycles. The second kappa shape index (κ2) is 5.79. The minimum absolute atomic E-state index is 0.105. The van der Waals surface area contributed by atoms with Crippen LogP contribution in [0.5, 0.6) is 0 Å². The van der Waals surface area contributed by atoms with Crippen LogP contribution in [0.1, 0.15) is 46.0 Å². The molecule has 110 valence electrons. The molecule has 2 atom stereocenters. The molecule has 0 unspecified atom stereocenters. The van der Waals surface area contributed by atoms with E-state index in [0.29, 0.717) is 12.5 Å². The summed E-state index contributed by atoms with van der Waals surface area (Å²) in [5.74, 6) is 0.105. The molecule has 0 radical (unpaired) electrons. The number of halogens is 2. The number of likely N-dealkylation sites (tertiary alicyclic amines) is 1. The van der Waals surface area contributed by atoms with Crippen molar-refractivity contribution in [1.82, 2.24) is 4.90 Å². The summed E-state index contributed by atoms with van der Waals surface area (Å²) in [6, 6.07) is 0. The van der Waals surface area contributed by atoms with Crippen LogP contribution >= 0.6 is 23.2 Å². The van der Waals surface area contributed by atoms with Gasteiger partial charge in [0.15, 0.2) is 0 Å². The molecule has 19 heavy (non-hydrogen) atoms. The predicted molar refractivity (Wildman–Crippen MR) is 77.6 cm³/mol. The second-order valence-electron chi connectivity index (χ2n) is 5.93. The zero-order valence-corrected chi connectivity index (χ0v) is 13.3. The Morgan fingerprint density at radius 2 is 2.05 bits per heavy atom. The van der Waals surface area contributed by atoms with E-state index >= 15 is 0 Å². The maximum absolute atomic E-state index is 12.5. The Hall–Kier alpha value is 0.01000. The van der Waals surface area contributed by atoms with Gasteiger partial charge < -0.3 is 9.64 Å². The average molecular weight is 308 g/mol. The van der Waals surface area contributed by atoms with E-state index in [1.807, 2.05) is 11.8 Å². The van der Waals surface area contributed by atoms with Crippen molar-refractivity contribution in [3.8, 4) is 0 Å². The molecule has 0 bridgehead atoms. The average Bonchev–Trinajstić information content (AvgIpc) is 2.97. The first-order valence-corrected chi connectivity index (χ1v) is 7.95. The third-order valence-corrected chi connectivity index (χ3v) is 5.35. The van der Waals surface area contributed by atoms with Crippen molar-refractivity contribution in [3.05, 3.63) is 0 Å². The highest BCUT2D eigenvalue weighted by molar-refractivity contribution is 6.53. The number of carbonyl (C=O) groups is 1. The Balaban J connectivity index is 1.88. The summed E-state index contributed by atoms with van der Waals surface area (Å²) in [4.78, 5) is 14.4. The van der Waals surface area contributed by atoms with E-state index < -0.39 is 9.75 Å². The van der Waals surface area contributed by atoms with E-state index in [2.05, 4.69) is 6.92 Å². The van der Waals surface area contributed by atoms with Gasteiger partial charge in [-0.3, -0.25) is 4.79 Å². The van der Waals surface area contributed by atoms with Crippen molar-refractivity contribution in [3.63, 3.8) is 0 Å². The van der Waals surface area contributed by atoms with Gasteiger partial charge in [0.05, 0.1) is 11.5 Å². The lowest BCUT2D eigenvalue weighted by Crippen LogP contribution is -2.39. The number of nitrogens with zero attached hydrogens (tertiary/aromatic N) is 1. The van der Waals surface area contributed by atoms with Crippen LogP contribution < -0.4 is 0 Å². The number of hydrogen-bond acceptors (Lipinski definition) is 2. The largest absolute Gasteiger partial charge is 0.378 e. The highest BCUT2D eigenvalue weighted by atomic mass is 35.5. The van der Waals surface area contributed by atoms with Gasteiger partial charge in [-0.15, -0.1) is 23.2 Å². The van der Waals surface area contributed by atoms with Gasteiger partial charge in [0.2, 0.25) is 5.91 Å². The summed E-state index contributed by atoms with van der Waals surface area (Å²) in [6.45, 7) is 6.34. The van der Waals surface area contributed by atoms with Crippen LogP contribution in [0.4, 0.5) is 0 Å². The number of rotatable bonds is 4. The summed E-state index contributed by atoms with van der Waals surface area (Å²) in [5, 5.41) is 0. The number of hydrogen-bond donors (Lipinski definition) is 0. The van der Waals surface area contributed by atoms with Gasteiger partial charge in [-0.05, 0) is 39.0 Å². The summed E-state index contributed by atoms with van der Waals surface area (Å²) in [7, 11) is 0. The summed E-state index contributed by atoms with van der Waals surface area (Å²) in [6.07, 6.45) is 4.84. The molecule has 2 fully saturated rings. The molecule has 0 aromatic carbocycles. The van der Waals surface area contributed by atoms with Gasteiger partial charge in [0.1, 0.15) is 4.33 Å². The number of ether oxygens (including phenoxy) is 1. The predicted octanol–water partition coefficient (Wildman–Crippen LogP) is 3.38. The molecule has 0 N–H and O–H groups in total. The first-order chi connectivity index (χ1) is 8.90. The van der Waals surface area contributed by atoms with Crippen molar-refractivity contribution >= 4 is 29.1 Å². The van der Waals surface area contributed by atoms with E-state index in [-0.39, 0.29) is 5.91 Å². The van der Waals surface area contributed by atoms with E-state index in [4.69, 9.17) is 27.9 Å². The molecule has 0 spiro atoms. The standard InChI is InChI=1S/C14H23Cl2NO2/c1-3-9-19-11-5-4-7-17(8-6-11)12(18)13(2)10-14(13,15)16/h11H,3-10H2,1-2H3/t11-,13-/m0/s1. The van der Waals surface area contributed by atoms with Crippen molar-refractivity contribution in [2.75, 3.05) is 19.7 Å². The Morgan fingerprint density at radius 3 is 2.63 bits per heavy atom. The lowest BCUT2D eigenvalue weighted by Gasteiger charge is -2.25. The fourth-order valence-electron chi connectivity index (χ4n) is 2.70. The van der Waals surface area contributed by atoms with Gasteiger partial charge in [-0.25, -0.2) is 0 Å². The second-order valence-corrected chi connectivity index (χ2v) is 7.41.